The molecule has 0 spiro atoms. The van der Waals surface area contributed by atoms with E-state index in [-0.39, 0.29) is 18.5 Å². The fourth-order valence-corrected chi connectivity index (χ4v) is 1.27. The minimum atomic E-state index is -0.313. The van der Waals surface area contributed by atoms with Crippen molar-refractivity contribution in [2.75, 3.05) is 39.5 Å². The standard InChI is InChI=1S/C11H21NO5/c1-10(14)16-8-5-12(4-3-7-13)6-9-17-11(2)15/h13H,3-9H2,1-2H3. The van der Waals surface area contributed by atoms with Crippen molar-refractivity contribution in [1.82, 2.24) is 4.90 Å². The molecule has 0 aromatic heterocycles. The summed E-state index contributed by atoms with van der Waals surface area (Å²) in [5.41, 5.74) is 0. The molecular formula is C11H21NO5. The quantitative estimate of drug-likeness (QED) is 0.568. The summed E-state index contributed by atoms with van der Waals surface area (Å²) in [6.45, 7) is 5.26. The number of nitrogens with zero attached hydrogens (tertiary/aromatic N) is 1. The van der Waals surface area contributed by atoms with E-state index in [4.69, 9.17) is 14.6 Å². The van der Waals surface area contributed by atoms with Gasteiger partial charge in [0.15, 0.2) is 0 Å². The van der Waals surface area contributed by atoms with E-state index < -0.39 is 0 Å². The van der Waals surface area contributed by atoms with E-state index in [0.717, 1.165) is 0 Å². The molecule has 1 N–H and O–H groups in total. The lowest BCUT2D eigenvalue weighted by atomic mass is 10.4. The molecule has 0 radical (unpaired) electrons. The van der Waals surface area contributed by atoms with Crippen molar-refractivity contribution in [3.05, 3.63) is 0 Å². The molecule has 0 aliphatic carbocycles. The number of carbonyl (C=O) groups excluding carboxylic acids is 2. The van der Waals surface area contributed by atoms with E-state index in [1.807, 2.05) is 4.90 Å². The average Bonchev–Trinajstić information content (AvgIpc) is 2.24. The topological polar surface area (TPSA) is 76.1 Å². The molecule has 0 saturated heterocycles. The fourth-order valence-electron chi connectivity index (χ4n) is 1.27. The molecule has 0 amide bonds. The highest BCUT2D eigenvalue weighted by molar-refractivity contribution is 5.66. The Balaban J connectivity index is 3.78. The maximum absolute atomic E-state index is 10.6. The fraction of sp³-hybridized carbons (Fsp3) is 0.818. The Morgan fingerprint density at radius 3 is 1.82 bits per heavy atom. The number of hydrogen-bond donors (Lipinski definition) is 1. The van der Waals surface area contributed by atoms with Crippen LogP contribution < -0.4 is 0 Å². The van der Waals surface area contributed by atoms with Crippen LogP contribution in [0.3, 0.4) is 0 Å². The SMILES string of the molecule is CC(=O)OCCN(CCCO)CCOC(C)=O. The smallest absolute Gasteiger partial charge is 0.302 e. The van der Waals surface area contributed by atoms with Crippen molar-refractivity contribution in [3.63, 3.8) is 0 Å². The van der Waals surface area contributed by atoms with Gasteiger partial charge in [0.05, 0.1) is 0 Å². The lowest BCUT2D eigenvalue weighted by molar-refractivity contribution is -0.141. The molecule has 0 aliphatic rings. The summed E-state index contributed by atoms with van der Waals surface area (Å²) in [6.07, 6.45) is 0.639. The van der Waals surface area contributed by atoms with Crippen molar-refractivity contribution in [3.8, 4) is 0 Å². The van der Waals surface area contributed by atoms with Crippen LogP contribution in [0.15, 0.2) is 0 Å². The highest BCUT2D eigenvalue weighted by Crippen LogP contribution is 1.93. The van der Waals surface area contributed by atoms with Crippen molar-refractivity contribution in [2.24, 2.45) is 0 Å². The van der Waals surface area contributed by atoms with Gasteiger partial charge in [0, 0.05) is 40.1 Å². The Morgan fingerprint density at radius 2 is 1.47 bits per heavy atom. The molecule has 0 heterocycles. The van der Waals surface area contributed by atoms with Gasteiger partial charge in [-0.15, -0.1) is 0 Å². The van der Waals surface area contributed by atoms with Gasteiger partial charge in [-0.05, 0) is 6.42 Å². The second-order valence-corrected chi connectivity index (χ2v) is 3.60. The Morgan fingerprint density at radius 1 is 1.00 bits per heavy atom. The van der Waals surface area contributed by atoms with Gasteiger partial charge < -0.3 is 14.6 Å². The van der Waals surface area contributed by atoms with Crippen molar-refractivity contribution < 1.29 is 24.2 Å². The molecule has 0 aromatic rings. The minimum absolute atomic E-state index is 0.109. The number of hydrogen-bond acceptors (Lipinski definition) is 6. The largest absolute Gasteiger partial charge is 0.465 e. The molecule has 0 aliphatic heterocycles. The molecule has 0 atom stereocenters. The first-order valence-electron chi connectivity index (χ1n) is 5.66. The lowest BCUT2D eigenvalue weighted by Gasteiger charge is -2.21. The van der Waals surface area contributed by atoms with Crippen molar-refractivity contribution >= 4 is 11.9 Å². The van der Waals surface area contributed by atoms with E-state index in [1.54, 1.807) is 0 Å². The third-order valence-corrected chi connectivity index (χ3v) is 2.06. The zero-order chi connectivity index (χ0) is 13.1. The van der Waals surface area contributed by atoms with E-state index >= 15 is 0 Å². The molecule has 0 fully saturated rings. The predicted octanol–water partition coefficient (Wildman–Crippen LogP) is -0.203. The highest BCUT2D eigenvalue weighted by atomic mass is 16.5. The van der Waals surface area contributed by atoms with Crippen LogP contribution in [0.5, 0.6) is 0 Å². The van der Waals surface area contributed by atoms with Gasteiger partial charge in [0.1, 0.15) is 13.2 Å². The van der Waals surface area contributed by atoms with E-state index in [9.17, 15) is 9.59 Å². The molecule has 17 heavy (non-hydrogen) atoms. The molecule has 0 bridgehead atoms. The van der Waals surface area contributed by atoms with E-state index in [2.05, 4.69) is 0 Å². The first kappa shape index (κ1) is 15.9. The Kier molecular flexibility index (Phi) is 9.37. The molecule has 0 aromatic carbocycles. The Bertz CT molecular complexity index is 212. The van der Waals surface area contributed by atoms with Gasteiger partial charge in [-0.1, -0.05) is 0 Å². The molecule has 6 heteroatoms. The maximum atomic E-state index is 10.6. The number of aliphatic hydroxyl groups is 1. The van der Waals surface area contributed by atoms with Gasteiger partial charge in [0.25, 0.3) is 0 Å². The van der Waals surface area contributed by atoms with Crippen LogP contribution in [0.4, 0.5) is 0 Å². The number of aliphatic hydroxyl groups excluding tert-OH is 1. The Hall–Kier alpha value is -1.14. The molecular weight excluding hydrogens is 226 g/mol. The highest BCUT2D eigenvalue weighted by Gasteiger charge is 2.06. The lowest BCUT2D eigenvalue weighted by Crippen LogP contribution is -2.33. The van der Waals surface area contributed by atoms with Crippen LogP contribution in [0.2, 0.25) is 0 Å². The molecule has 0 rings (SSSR count). The second-order valence-electron chi connectivity index (χ2n) is 3.60. The molecule has 100 valence electrons. The first-order chi connectivity index (χ1) is 8.06. The normalized spacial score (nSPS) is 10.4. The van der Waals surface area contributed by atoms with E-state index in [0.29, 0.717) is 39.3 Å². The van der Waals surface area contributed by atoms with Gasteiger partial charge in [-0.3, -0.25) is 14.5 Å². The minimum Gasteiger partial charge on any atom is -0.465 e. The van der Waals surface area contributed by atoms with Crippen LogP contribution in [-0.4, -0.2) is 61.4 Å². The van der Waals surface area contributed by atoms with Crippen molar-refractivity contribution in [1.29, 1.82) is 0 Å². The average molecular weight is 247 g/mol. The number of rotatable bonds is 9. The third-order valence-electron chi connectivity index (χ3n) is 2.06. The number of carbonyl (C=O) groups is 2. The van der Waals surface area contributed by atoms with Crippen LogP contribution in [-0.2, 0) is 19.1 Å². The molecule has 0 saturated carbocycles. The summed E-state index contributed by atoms with van der Waals surface area (Å²) < 4.78 is 9.66. The second kappa shape index (κ2) is 10.0. The van der Waals surface area contributed by atoms with Crippen LogP contribution >= 0.6 is 0 Å². The summed E-state index contributed by atoms with van der Waals surface area (Å²) in [5, 5.41) is 8.75. The maximum Gasteiger partial charge on any atom is 0.302 e. The van der Waals surface area contributed by atoms with Crippen LogP contribution in [0.1, 0.15) is 20.3 Å². The number of esters is 2. The molecule has 0 unspecified atom stereocenters. The van der Waals surface area contributed by atoms with E-state index in [1.165, 1.54) is 13.8 Å². The van der Waals surface area contributed by atoms with Gasteiger partial charge in [-0.25, -0.2) is 0 Å². The first-order valence-corrected chi connectivity index (χ1v) is 5.66. The van der Waals surface area contributed by atoms with Crippen LogP contribution in [0, 0.1) is 0 Å². The summed E-state index contributed by atoms with van der Waals surface area (Å²) in [7, 11) is 0. The van der Waals surface area contributed by atoms with Gasteiger partial charge in [-0.2, -0.15) is 0 Å². The predicted molar refractivity (Wildman–Crippen MR) is 61.4 cm³/mol. The summed E-state index contributed by atoms with van der Waals surface area (Å²) >= 11 is 0. The van der Waals surface area contributed by atoms with Gasteiger partial charge >= 0.3 is 11.9 Å². The monoisotopic (exact) mass is 247 g/mol. The summed E-state index contributed by atoms with van der Waals surface area (Å²) in [6, 6.07) is 0. The third kappa shape index (κ3) is 11.1. The molecule has 6 nitrogen and oxygen atoms in total. The zero-order valence-electron chi connectivity index (χ0n) is 10.5. The van der Waals surface area contributed by atoms with Crippen LogP contribution in [0.25, 0.3) is 0 Å². The van der Waals surface area contributed by atoms with Crippen molar-refractivity contribution in [2.45, 2.75) is 20.3 Å². The Labute approximate surface area is 101 Å². The number of ether oxygens (including phenoxy) is 2. The summed E-state index contributed by atoms with van der Waals surface area (Å²) in [4.78, 5) is 23.2. The summed E-state index contributed by atoms with van der Waals surface area (Å²) in [5.74, 6) is -0.626. The zero-order valence-corrected chi connectivity index (χ0v) is 10.5. The van der Waals surface area contributed by atoms with Gasteiger partial charge in [0.2, 0.25) is 0 Å².